The number of guanidine groups is 1. The summed E-state index contributed by atoms with van der Waals surface area (Å²) >= 11 is 0. The number of benzene rings is 1. The Labute approximate surface area is 176 Å². The minimum atomic E-state index is -0.301. The molecule has 0 fully saturated rings. The molecule has 0 amide bonds. The van der Waals surface area contributed by atoms with Crippen molar-refractivity contribution >= 4 is 35.9 Å². The van der Waals surface area contributed by atoms with Crippen LogP contribution in [0.4, 0.5) is 0 Å². The fourth-order valence-corrected chi connectivity index (χ4v) is 2.41. The summed E-state index contributed by atoms with van der Waals surface area (Å²) in [6.07, 6.45) is 2.59. The van der Waals surface area contributed by atoms with Crippen LogP contribution in [0.2, 0.25) is 0 Å². The number of aromatic nitrogens is 3. The first-order chi connectivity index (χ1) is 12.7. The molecule has 0 saturated carbocycles. The molecular weight excluding hydrogens is 459 g/mol. The summed E-state index contributed by atoms with van der Waals surface area (Å²) in [5.41, 5.74) is 1.60. The molecule has 2 aromatic rings. The number of nitrogens with zero attached hydrogens (tertiary/aromatic N) is 4. The Bertz CT molecular complexity index is 730. The van der Waals surface area contributed by atoms with Gasteiger partial charge in [0.05, 0.1) is 12.2 Å². The third kappa shape index (κ3) is 7.16. The summed E-state index contributed by atoms with van der Waals surface area (Å²) < 4.78 is 7.00. The summed E-state index contributed by atoms with van der Waals surface area (Å²) in [5.74, 6) is 1.38. The van der Waals surface area contributed by atoms with Crippen LogP contribution in [0, 0.1) is 0 Å². The Morgan fingerprint density at radius 2 is 1.96 bits per heavy atom. The highest BCUT2D eigenvalue weighted by molar-refractivity contribution is 14.0. The zero-order chi connectivity index (χ0) is 18.8. The van der Waals surface area contributed by atoms with Crippen molar-refractivity contribution in [2.24, 2.45) is 4.99 Å². The molecule has 0 aliphatic heterocycles. The van der Waals surface area contributed by atoms with Gasteiger partial charge in [-0.1, -0.05) is 19.1 Å². The number of aryl methyl sites for hydroxylation is 1. The van der Waals surface area contributed by atoms with Crippen LogP contribution in [-0.4, -0.2) is 46.9 Å². The van der Waals surface area contributed by atoms with Crippen LogP contribution >= 0.6 is 24.0 Å². The number of ether oxygens (including phenoxy) is 1. The molecule has 0 unspecified atom stereocenters. The van der Waals surface area contributed by atoms with Crippen molar-refractivity contribution in [2.75, 3.05) is 20.2 Å². The highest BCUT2D eigenvalue weighted by Gasteiger charge is 2.06. The summed E-state index contributed by atoms with van der Waals surface area (Å²) in [5, 5.41) is 14.5. The standard InChI is InChI=1S/C18H26N6O2.HI/c1-4-16-23-22-13-24(16)11-10-20-18(19-3)21-12-14-6-8-15(9-7-14)17(25)26-5-2;/h6-9,13H,4-5,10-12H2,1-3H3,(H2,19,20,21);1H. The molecule has 8 nitrogen and oxygen atoms in total. The molecule has 0 aliphatic carbocycles. The number of rotatable bonds is 8. The van der Waals surface area contributed by atoms with Gasteiger partial charge in [0.25, 0.3) is 0 Å². The molecular formula is C18H27IN6O2. The summed E-state index contributed by atoms with van der Waals surface area (Å²) in [7, 11) is 1.73. The molecule has 0 aliphatic rings. The van der Waals surface area contributed by atoms with Crippen molar-refractivity contribution in [3.63, 3.8) is 0 Å². The smallest absolute Gasteiger partial charge is 0.338 e. The van der Waals surface area contributed by atoms with Gasteiger partial charge in [-0.2, -0.15) is 0 Å². The number of aliphatic imine (C=N–C) groups is 1. The molecule has 1 heterocycles. The quantitative estimate of drug-likeness (QED) is 0.257. The van der Waals surface area contributed by atoms with E-state index in [0.717, 1.165) is 24.4 Å². The number of carbonyl (C=O) groups excluding carboxylic acids is 1. The summed E-state index contributed by atoms with van der Waals surface area (Å²) in [6.45, 7) is 6.31. The monoisotopic (exact) mass is 486 g/mol. The van der Waals surface area contributed by atoms with Crippen LogP contribution in [0.15, 0.2) is 35.6 Å². The number of carbonyl (C=O) groups is 1. The third-order valence-electron chi connectivity index (χ3n) is 3.81. The second-order valence-electron chi connectivity index (χ2n) is 5.56. The van der Waals surface area contributed by atoms with E-state index in [0.29, 0.717) is 31.2 Å². The Kier molecular flexibility index (Phi) is 10.4. The molecule has 2 N–H and O–H groups in total. The van der Waals surface area contributed by atoms with Crippen molar-refractivity contribution in [3.05, 3.63) is 47.5 Å². The van der Waals surface area contributed by atoms with Crippen molar-refractivity contribution in [1.29, 1.82) is 0 Å². The van der Waals surface area contributed by atoms with Crippen LogP contribution in [-0.2, 0) is 24.2 Å². The zero-order valence-corrected chi connectivity index (χ0v) is 18.3. The normalized spacial score (nSPS) is 10.9. The van der Waals surface area contributed by atoms with E-state index in [1.807, 2.05) is 16.7 Å². The molecule has 0 radical (unpaired) electrons. The van der Waals surface area contributed by atoms with Crippen LogP contribution in [0.25, 0.3) is 0 Å². The Morgan fingerprint density at radius 3 is 2.59 bits per heavy atom. The predicted octanol–water partition coefficient (Wildman–Crippen LogP) is 2.00. The van der Waals surface area contributed by atoms with E-state index in [1.165, 1.54) is 0 Å². The molecule has 148 valence electrons. The van der Waals surface area contributed by atoms with Gasteiger partial charge in [-0.3, -0.25) is 4.99 Å². The number of esters is 1. The Hall–Kier alpha value is -2.17. The second kappa shape index (κ2) is 12.3. The largest absolute Gasteiger partial charge is 0.462 e. The van der Waals surface area contributed by atoms with E-state index in [9.17, 15) is 4.79 Å². The Morgan fingerprint density at radius 1 is 1.22 bits per heavy atom. The van der Waals surface area contributed by atoms with Crippen molar-refractivity contribution in [1.82, 2.24) is 25.4 Å². The van der Waals surface area contributed by atoms with E-state index in [-0.39, 0.29) is 29.9 Å². The van der Waals surface area contributed by atoms with Gasteiger partial charge in [-0.05, 0) is 24.6 Å². The first-order valence-electron chi connectivity index (χ1n) is 8.75. The fraction of sp³-hybridized carbons (Fsp3) is 0.444. The highest BCUT2D eigenvalue weighted by Crippen LogP contribution is 2.06. The average Bonchev–Trinajstić information content (AvgIpc) is 3.12. The molecule has 9 heteroatoms. The van der Waals surface area contributed by atoms with Gasteiger partial charge >= 0.3 is 5.97 Å². The lowest BCUT2D eigenvalue weighted by Crippen LogP contribution is -2.38. The van der Waals surface area contributed by atoms with E-state index < -0.39 is 0 Å². The first kappa shape index (κ1) is 22.9. The predicted molar refractivity (Wildman–Crippen MR) is 115 cm³/mol. The maximum Gasteiger partial charge on any atom is 0.338 e. The van der Waals surface area contributed by atoms with Gasteiger partial charge in [-0.15, -0.1) is 34.2 Å². The summed E-state index contributed by atoms with van der Waals surface area (Å²) in [6, 6.07) is 7.33. The third-order valence-corrected chi connectivity index (χ3v) is 3.81. The fourth-order valence-electron chi connectivity index (χ4n) is 2.41. The topological polar surface area (TPSA) is 93.4 Å². The van der Waals surface area contributed by atoms with Crippen LogP contribution in [0.3, 0.4) is 0 Å². The van der Waals surface area contributed by atoms with E-state index in [2.05, 4.69) is 32.7 Å². The Balaban J connectivity index is 0.00000364. The first-order valence-corrected chi connectivity index (χ1v) is 8.75. The van der Waals surface area contributed by atoms with Crippen LogP contribution < -0.4 is 10.6 Å². The molecule has 0 atom stereocenters. The maximum atomic E-state index is 11.7. The van der Waals surface area contributed by atoms with Crippen LogP contribution in [0.1, 0.15) is 35.6 Å². The minimum absolute atomic E-state index is 0. The van der Waals surface area contributed by atoms with Crippen molar-refractivity contribution in [2.45, 2.75) is 33.4 Å². The van der Waals surface area contributed by atoms with Crippen molar-refractivity contribution < 1.29 is 9.53 Å². The molecule has 0 spiro atoms. The number of hydrogen-bond acceptors (Lipinski definition) is 5. The minimum Gasteiger partial charge on any atom is -0.462 e. The molecule has 1 aromatic heterocycles. The van der Waals surface area contributed by atoms with E-state index >= 15 is 0 Å². The lowest BCUT2D eigenvalue weighted by Gasteiger charge is -2.13. The lowest BCUT2D eigenvalue weighted by atomic mass is 10.1. The van der Waals surface area contributed by atoms with Gasteiger partial charge < -0.3 is 19.9 Å². The molecule has 1 aromatic carbocycles. The zero-order valence-electron chi connectivity index (χ0n) is 15.9. The SMILES string of the molecule is CCOC(=O)c1ccc(CNC(=NC)NCCn2cnnc2CC)cc1.I. The highest BCUT2D eigenvalue weighted by atomic mass is 127. The molecule has 0 bridgehead atoms. The van der Waals surface area contributed by atoms with E-state index in [1.54, 1.807) is 32.4 Å². The molecule has 2 rings (SSSR count). The van der Waals surface area contributed by atoms with Gasteiger partial charge in [0.2, 0.25) is 0 Å². The number of hydrogen-bond donors (Lipinski definition) is 2. The van der Waals surface area contributed by atoms with Gasteiger partial charge in [0.1, 0.15) is 12.2 Å². The molecule has 27 heavy (non-hydrogen) atoms. The summed E-state index contributed by atoms with van der Waals surface area (Å²) in [4.78, 5) is 15.9. The van der Waals surface area contributed by atoms with Crippen LogP contribution in [0.5, 0.6) is 0 Å². The van der Waals surface area contributed by atoms with Gasteiger partial charge in [-0.25, -0.2) is 4.79 Å². The maximum absolute atomic E-state index is 11.7. The lowest BCUT2D eigenvalue weighted by molar-refractivity contribution is 0.0526. The average molecular weight is 486 g/mol. The second-order valence-corrected chi connectivity index (χ2v) is 5.56. The molecule has 0 saturated heterocycles. The van der Waals surface area contributed by atoms with Crippen molar-refractivity contribution in [3.8, 4) is 0 Å². The number of nitrogens with one attached hydrogen (secondary N) is 2. The van der Waals surface area contributed by atoms with Gasteiger partial charge in [0, 0.05) is 33.1 Å². The van der Waals surface area contributed by atoms with Gasteiger partial charge in [0.15, 0.2) is 5.96 Å². The number of halogens is 1. The van der Waals surface area contributed by atoms with E-state index in [4.69, 9.17) is 4.74 Å².